The first-order valence-corrected chi connectivity index (χ1v) is 6.69. The molecule has 0 saturated carbocycles. The van der Waals surface area contributed by atoms with Crippen molar-refractivity contribution in [3.8, 4) is 0 Å². The number of aryl methyl sites for hydroxylation is 1. The highest BCUT2D eigenvalue weighted by molar-refractivity contribution is 7.15. The van der Waals surface area contributed by atoms with Crippen molar-refractivity contribution in [1.82, 2.24) is 4.98 Å². The molecule has 2 rings (SSSR count). The van der Waals surface area contributed by atoms with E-state index in [2.05, 4.69) is 26.1 Å². The summed E-state index contributed by atoms with van der Waals surface area (Å²) in [5.74, 6) is 0. The molecule has 0 atom stereocenters. The van der Waals surface area contributed by atoms with Gasteiger partial charge in [0.15, 0.2) is 5.13 Å². The summed E-state index contributed by atoms with van der Waals surface area (Å²) in [6.45, 7) is 7.85. The van der Waals surface area contributed by atoms with E-state index in [1.54, 1.807) is 0 Å². The molecule has 15 heavy (non-hydrogen) atoms. The van der Waals surface area contributed by atoms with Gasteiger partial charge in [-0.05, 0) is 25.7 Å². The number of hydrogen-bond acceptors (Lipinski definition) is 3. The van der Waals surface area contributed by atoms with Crippen LogP contribution in [0.5, 0.6) is 0 Å². The molecule has 1 aliphatic carbocycles. The molecule has 0 radical (unpaired) electrons. The van der Waals surface area contributed by atoms with Crippen LogP contribution in [-0.4, -0.2) is 11.5 Å². The van der Waals surface area contributed by atoms with Gasteiger partial charge in [0.2, 0.25) is 0 Å². The fourth-order valence-corrected chi connectivity index (χ4v) is 3.38. The van der Waals surface area contributed by atoms with Gasteiger partial charge in [0.1, 0.15) is 0 Å². The third kappa shape index (κ3) is 2.17. The Morgan fingerprint density at radius 2 is 2.27 bits per heavy atom. The van der Waals surface area contributed by atoms with Crippen LogP contribution in [0.15, 0.2) is 0 Å². The highest BCUT2D eigenvalue weighted by Gasteiger charge is 2.30. The largest absolute Gasteiger partial charge is 0.362 e. The molecule has 0 fully saturated rings. The first kappa shape index (κ1) is 10.9. The van der Waals surface area contributed by atoms with Crippen molar-refractivity contribution in [1.29, 1.82) is 0 Å². The van der Waals surface area contributed by atoms with Crippen LogP contribution in [0, 0.1) is 0 Å². The van der Waals surface area contributed by atoms with E-state index in [1.807, 2.05) is 11.3 Å². The Kier molecular flexibility index (Phi) is 3.01. The summed E-state index contributed by atoms with van der Waals surface area (Å²) in [6.07, 6.45) is 4.98. The third-order valence-electron chi connectivity index (χ3n) is 3.07. The number of nitrogens with zero attached hydrogens (tertiary/aromatic N) is 1. The normalized spacial score (nSPS) is 18.6. The standard InChI is InChI=1S/C12H20N2S/c1-4-8-13-11-14-10-9(15-11)6-5-7-12(10,2)3/h4-8H2,1-3H3,(H,13,14). The van der Waals surface area contributed by atoms with Crippen LogP contribution in [0.3, 0.4) is 0 Å². The fraction of sp³-hybridized carbons (Fsp3) is 0.750. The molecule has 0 saturated heterocycles. The fourth-order valence-electron chi connectivity index (χ4n) is 2.17. The van der Waals surface area contributed by atoms with Crippen molar-refractivity contribution in [2.45, 2.75) is 51.9 Å². The van der Waals surface area contributed by atoms with Crippen molar-refractivity contribution in [2.24, 2.45) is 0 Å². The van der Waals surface area contributed by atoms with Gasteiger partial charge in [0.25, 0.3) is 0 Å². The van der Waals surface area contributed by atoms with E-state index < -0.39 is 0 Å². The molecular formula is C12H20N2S. The zero-order chi connectivity index (χ0) is 10.9. The van der Waals surface area contributed by atoms with E-state index in [0.717, 1.165) is 18.1 Å². The summed E-state index contributed by atoms with van der Waals surface area (Å²) in [4.78, 5) is 6.25. The van der Waals surface area contributed by atoms with Crippen molar-refractivity contribution in [2.75, 3.05) is 11.9 Å². The first-order valence-electron chi connectivity index (χ1n) is 5.87. The van der Waals surface area contributed by atoms with Crippen molar-refractivity contribution in [3.05, 3.63) is 10.6 Å². The number of anilines is 1. The molecule has 0 spiro atoms. The topological polar surface area (TPSA) is 24.9 Å². The number of aromatic nitrogens is 1. The lowest BCUT2D eigenvalue weighted by Crippen LogP contribution is -2.23. The van der Waals surface area contributed by atoms with Crippen LogP contribution >= 0.6 is 11.3 Å². The molecule has 0 bridgehead atoms. The van der Waals surface area contributed by atoms with E-state index in [1.165, 1.54) is 29.8 Å². The lowest BCUT2D eigenvalue weighted by Gasteiger charge is -2.27. The molecule has 84 valence electrons. The van der Waals surface area contributed by atoms with Crippen LogP contribution in [0.2, 0.25) is 0 Å². The summed E-state index contributed by atoms with van der Waals surface area (Å²) < 4.78 is 0. The molecule has 3 heteroatoms. The minimum absolute atomic E-state index is 0.288. The number of rotatable bonds is 3. The van der Waals surface area contributed by atoms with E-state index in [4.69, 9.17) is 4.98 Å². The van der Waals surface area contributed by atoms with Gasteiger partial charge in [-0.1, -0.05) is 20.8 Å². The predicted molar refractivity (Wildman–Crippen MR) is 66.9 cm³/mol. The van der Waals surface area contributed by atoms with E-state index in [9.17, 15) is 0 Å². The van der Waals surface area contributed by atoms with Crippen LogP contribution in [0.4, 0.5) is 5.13 Å². The Morgan fingerprint density at radius 1 is 1.47 bits per heavy atom. The molecule has 0 aromatic carbocycles. The van der Waals surface area contributed by atoms with Gasteiger partial charge in [0, 0.05) is 16.8 Å². The quantitative estimate of drug-likeness (QED) is 0.849. The van der Waals surface area contributed by atoms with Gasteiger partial charge in [0.05, 0.1) is 5.69 Å². The SMILES string of the molecule is CCCNc1nc2c(s1)CCCC2(C)C. The smallest absolute Gasteiger partial charge is 0.183 e. The highest BCUT2D eigenvalue weighted by Crippen LogP contribution is 2.40. The van der Waals surface area contributed by atoms with Gasteiger partial charge >= 0.3 is 0 Å². The molecule has 0 unspecified atom stereocenters. The van der Waals surface area contributed by atoms with E-state index in [-0.39, 0.29) is 5.41 Å². The molecule has 1 heterocycles. The minimum atomic E-state index is 0.288. The van der Waals surface area contributed by atoms with Crippen molar-refractivity contribution >= 4 is 16.5 Å². The second kappa shape index (κ2) is 4.12. The van der Waals surface area contributed by atoms with E-state index in [0.29, 0.717) is 0 Å². The summed E-state index contributed by atoms with van der Waals surface area (Å²) in [7, 11) is 0. The Balaban J connectivity index is 2.22. The average molecular weight is 224 g/mol. The first-order chi connectivity index (χ1) is 7.13. The predicted octanol–water partition coefficient (Wildman–Crippen LogP) is 3.58. The number of hydrogen-bond donors (Lipinski definition) is 1. The molecule has 0 aliphatic heterocycles. The molecule has 1 N–H and O–H groups in total. The summed E-state index contributed by atoms with van der Waals surface area (Å²) in [5, 5.41) is 4.52. The molecule has 1 aromatic heterocycles. The van der Waals surface area contributed by atoms with Crippen molar-refractivity contribution < 1.29 is 0 Å². The maximum Gasteiger partial charge on any atom is 0.183 e. The molecule has 1 aliphatic rings. The highest BCUT2D eigenvalue weighted by atomic mass is 32.1. The molecule has 0 amide bonds. The zero-order valence-electron chi connectivity index (χ0n) is 9.89. The average Bonchev–Trinajstić information content (AvgIpc) is 2.59. The second-order valence-electron chi connectivity index (χ2n) is 4.96. The van der Waals surface area contributed by atoms with E-state index >= 15 is 0 Å². The second-order valence-corrected chi connectivity index (χ2v) is 6.04. The summed E-state index contributed by atoms with van der Waals surface area (Å²) >= 11 is 1.86. The van der Waals surface area contributed by atoms with Gasteiger partial charge in [-0.15, -0.1) is 11.3 Å². The Hall–Kier alpha value is -0.570. The maximum atomic E-state index is 4.75. The zero-order valence-corrected chi connectivity index (χ0v) is 10.7. The molecule has 1 aromatic rings. The Labute approximate surface area is 96.1 Å². The molecular weight excluding hydrogens is 204 g/mol. The lowest BCUT2D eigenvalue weighted by molar-refractivity contribution is 0.424. The van der Waals surface area contributed by atoms with Crippen LogP contribution < -0.4 is 5.32 Å². The Bertz CT molecular complexity index is 341. The molecule has 2 nitrogen and oxygen atoms in total. The van der Waals surface area contributed by atoms with Gasteiger partial charge in [-0.2, -0.15) is 0 Å². The van der Waals surface area contributed by atoms with Crippen LogP contribution in [0.25, 0.3) is 0 Å². The van der Waals surface area contributed by atoms with Crippen molar-refractivity contribution in [3.63, 3.8) is 0 Å². The number of nitrogens with one attached hydrogen (secondary N) is 1. The maximum absolute atomic E-state index is 4.75. The minimum Gasteiger partial charge on any atom is -0.362 e. The monoisotopic (exact) mass is 224 g/mol. The Morgan fingerprint density at radius 3 is 2.93 bits per heavy atom. The number of fused-ring (bicyclic) bond motifs is 1. The van der Waals surface area contributed by atoms with Crippen LogP contribution in [0.1, 0.15) is 50.6 Å². The summed E-state index contributed by atoms with van der Waals surface area (Å²) in [5.41, 5.74) is 1.63. The lowest BCUT2D eigenvalue weighted by atomic mass is 9.79. The summed E-state index contributed by atoms with van der Waals surface area (Å²) in [6, 6.07) is 0. The van der Waals surface area contributed by atoms with Crippen LogP contribution in [-0.2, 0) is 11.8 Å². The number of thiazole rings is 1. The van der Waals surface area contributed by atoms with Gasteiger partial charge in [-0.3, -0.25) is 0 Å². The van der Waals surface area contributed by atoms with Gasteiger partial charge in [-0.25, -0.2) is 4.98 Å². The third-order valence-corrected chi connectivity index (χ3v) is 4.14. The van der Waals surface area contributed by atoms with Gasteiger partial charge < -0.3 is 5.32 Å².